The summed E-state index contributed by atoms with van der Waals surface area (Å²) in [5.41, 5.74) is 8.43. The van der Waals surface area contributed by atoms with Crippen LogP contribution in [0.2, 0.25) is 0 Å². The third-order valence-corrected chi connectivity index (χ3v) is 4.67. The maximum absolute atomic E-state index is 12.4. The van der Waals surface area contributed by atoms with Crippen LogP contribution >= 0.6 is 12.2 Å². The number of nitrogens with two attached hydrogens (primary N) is 1. The minimum absolute atomic E-state index is 0.0560. The van der Waals surface area contributed by atoms with Crippen molar-refractivity contribution in [3.63, 3.8) is 0 Å². The van der Waals surface area contributed by atoms with E-state index in [9.17, 15) is 4.79 Å². The fraction of sp³-hybridized carbons (Fsp3) is 0.500. The Morgan fingerprint density at radius 3 is 2.60 bits per heavy atom. The lowest BCUT2D eigenvalue weighted by Crippen LogP contribution is -2.48. The van der Waals surface area contributed by atoms with E-state index < -0.39 is 0 Å². The fourth-order valence-electron chi connectivity index (χ4n) is 3.04. The molecule has 2 aliphatic rings. The molecule has 20 heavy (non-hydrogen) atoms. The Kier molecular flexibility index (Phi) is 3.74. The van der Waals surface area contributed by atoms with Gasteiger partial charge in [0, 0.05) is 5.92 Å². The Morgan fingerprint density at radius 1 is 1.25 bits per heavy atom. The van der Waals surface area contributed by atoms with Crippen molar-refractivity contribution < 1.29 is 4.79 Å². The largest absolute Gasteiger partial charge is 0.392 e. The molecule has 3 N–H and O–H groups in total. The average molecular weight is 288 g/mol. The van der Waals surface area contributed by atoms with Crippen molar-refractivity contribution in [2.45, 2.75) is 38.1 Å². The number of aryl methyl sites for hydroxylation is 1. The summed E-state index contributed by atoms with van der Waals surface area (Å²) in [4.78, 5) is 12.9. The van der Waals surface area contributed by atoms with E-state index in [-0.39, 0.29) is 17.9 Å². The fourth-order valence-corrected chi connectivity index (χ4v) is 3.29. The molecule has 1 aromatic carbocycles. The zero-order chi connectivity index (χ0) is 14.1. The molecule has 0 heterocycles. The third kappa shape index (κ3) is 2.85. The monoisotopic (exact) mass is 288 g/mol. The predicted octanol–water partition coefficient (Wildman–Crippen LogP) is 1.97. The summed E-state index contributed by atoms with van der Waals surface area (Å²) >= 11 is 5.08. The van der Waals surface area contributed by atoms with Crippen molar-refractivity contribution in [2.75, 3.05) is 0 Å². The maximum atomic E-state index is 12.4. The highest BCUT2D eigenvalue weighted by Crippen LogP contribution is 2.33. The lowest BCUT2D eigenvalue weighted by Gasteiger charge is -2.26. The highest BCUT2D eigenvalue weighted by molar-refractivity contribution is 7.80. The lowest BCUT2D eigenvalue weighted by atomic mass is 9.83. The molecule has 1 saturated carbocycles. The van der Waals surface area contributed by atoms with E-state index in [4.69, 9.17) is 18.0 Å². The van der Waals surface area contributed by atoms with Gasteiger partial charge in [-0.05, 0) is 49.1 Å². The topological polar surface area (TPSA) is 55.1 Å². The van der Waals surface area contributed by atoms with Crippen molar-refractivity contribution in [1.29, 1.82) is 0 Å². The molecule has 0 aliphatic heterocycles. The van der Waals surface area contributed by atoms with Gasteiger partial charge in [-0.15, -0.1) is 0 Å². The second kappa shape index (κ2) is 5.52. The lowest BCUT2D eigenvalue weighted by molar-refractivity contribution is -0.125. The normalized spacial score (nSPS) is 22.7. The summed E-state index contributed by atoms with van der Waals surface area (Å²) in [6.07, 6.45) is 4.97. The number of nitrogens with one attached hydrogen (secondary N) is 1. The molecular formula is C16H20N2OS. The van der Waals surface area contributed by atoms with Gasteiger partial charge >= 0.3 is 0 Å². The van der Waals surface area contributed by atoms with E-state index in [1.807, 2.05) is 6.07 Å². The number of carbonyl (C=O) groups excluding carboxylic acids is 1. The molecule has 1 aromatic rings. The number of rotatable bonds is 4. The van der Waals surface area contributed by atoms with Crippen molar-refractivity contribution in [3.8, 4) is 0 Å². The van der Waals surface area contributed by atoms with Crippen LogP contribution in [0, 0.1) is 11.8 Å². The standard InChI is InChI=1S/C16H20N2OS/c17-15(20)14(11-6-7-11)18-16(19)13-8-5-10-3-1-2-4-12(10)9-13/h1-4,11,13-14H,5-9H2,(H2,17,20)(H,18,19). The molecule has 2 unspecified atom stereocenters. The SMILES string of the molecule is NC(=S)C(NC(=O)C1CCc2ccccc2C1)C1CC1. The van der Waals surface area contributed by atoms with Crippen LogP contribution in [0.25, 0.3) is 0 Å². The maximum Gasteiger partial charge on any atom is 0.224 e. The third-order valence-electron chi connectivity index (χ3n) is 4.42. The van der Waals surface area contributed by atoms with Crippen LogP contribution in [-0.2, 0) is 17.6 Å². The van der Waals surface area contributed by atoms with Crippen molar-refractivity contribution in [1.82, 2.24) is 5.32 Å². The molecule has 1 fully saturated rings. The van der Waals surface area contributed by atoms with Crippen LogP contribution in [-0.4, -0.2) is 16.9 Å². The van der Waals surface area contributed by atoms with Gasteiger partial charge in [0.25, 0.3) is 0 Å². The molecule has 4 heteroatoms. The number of amides is 1. The quantitative estimate of drug-likeness (QED) is 0.833. The molecule has 106 valence electrons. The first-order valence-corrected chi connectivity index (χ1v) is 7.72. The summed E-state index contributed by atoms with van der Waals surface area (Å²) in [6, 6.07) is 8.29. The second-order valence-electron chi connectivity index (χ2n) is 5.93. The van der Waals surface area contributed by atoms with Crippen molar-refractivity contribution >= 4 is 23.1 Å². The van der Waals surface area contributed by atoms with Crippen LogP contribution in [0.5, 0.6) is 0 Å². The van der Waals surface area contributed by atoms with E-state index in [0.29, 0.717) is 10.9 Å². The van der Waals surface area contributed by atoms with E-state index in [1.165, 1.54) is 11.1 Å². The van der Waals surface area contributed by atoms with E-state index in [1.54, 1.807) is 0 Å². The zero-order valence-electron chi connectivity index (χ0n) is 11.5. The highest BCUT2D eigenvalue weighted by atomic mass is 32.1. The summed E-state index contributed by atoms with van der Waals surface area (Å²) in [5, 5.41) is 3.07. The van der Waals surface area contributed by atoms with E-state index >= 15 is 0 Å². The first-order valence-electron chi connectivity index (χ1n) is 7.31. The predicted molar refractivity (Wildman–Crippen MR) is 83.4 cm³/mol. The van der Waals surface area contributed by atoms with Crippen molar-refractivity contribution in [2.24, 2.45) is 17.6 Å². The first kappa shape index (κ1) is 13.6. The zero-order valence-corrected chi connectivity index (χ0v) is 12.3. The van der Waals surface area contributed by atoms with Gasteiger partial charge in [0.05, 0.1) is 11.0 Å². The van der Waals surface area contributed by atoms with Gasteiger partial charge in [0.1, 0.15) is 0 Å². The molecule has 0 aromatic heterocycles. The minimum atomic E-state index is -0.102. The number of thiocarbonyl (C=S) groups is 1. The van der Waals surface area contributed by atoms with Crippen LogP contribution in [0.1, 0.15) is 30.4 Å². The van der Waals surface area contributed by atoms with Crippen LogP contribution < -0.4 is 11.1 Å². The average Bonchev–Trinajstić information content (AvgIpc) is 3.28. The number of benzene rings is 1. The van der Waals surface area contributed by atoms with Gasteiger partial charge in [-0.25, -0.2) is 0 Å². The van der Waals surface area contributed by atoms with Gasteiger partial charge in [0.15, 0.2) is 0 Å². The molecule has 1 amide bonds. The molecule has 3 nitrogen and oxygen atoms in total. The Labute approximate surface area is 124 Å². The van der Waals surface area contributed by atoms with Crippen LogP contribution in [0.15, 0.2) is 24.3 Å². The summed E-state index contributed by atoms with van der Waals surface area (Å²) in [7, 11) is 0. The number of hydrogen-bond acceptors (Lipinski definition) is 2. The Hall–Kier alpha value is -1.42. The molecule has 0 spiro atoms. The van der Waals surface area contributed by atoms with Gasteiger partial charge in [0.2, 0.25) is 5.91 Å². The molecule has 2 aliphatic carbocycles. The number of fused-ring (bicyclic) bond motifs is 1. The summed E-state index contributed by atoms with van der Waals surface area (Å²) < 4.78 is 0. The summed E-state index contributed by atoms with van der Waals surface area (Å²) in [5.74, 6) is 0.636. The van der Waals surface area contributed by atoms with E-state index in [0.717, 1.165) is 32.1 Å². The summed E-state index contributed by atoms with van der Waals surface area (Å²) in [6.45, 7) is 0. The second-order valence-corrected chi connectivity index (χ2v) is 6.41. The number of carbonyl (C=O) groups is 1. The van der Waals surface area contributed by atoms with Gasteiger partial charge in [-0.1, -0.05) is 36.5 Å². The molecule has 3 rings (SSSR count). The van der Waals surface area contributed by atoms with Gasteiger partial charge in [-0.3, -0.25) is 4.79 Å². The minimum Gasteiger partial charge on any atom is -0.392 e. The Bertz CT molecular complexity index is 539. The highest BCUT2D eigenvalue weighted by Gasteiger charge is 2.35. The molecular weight excluding hydrogens is 268 g/mol. The Morgan fingerprint density at radius 2 is 1.95 bits per heavy atom. The smallest absolute Gasteiger partial charge is 0.224 e. The molecule has 0 bridgehead atoms. The number of hydrogen-bond donors (Lipinski definition) is 2. The van der Waals surface area contributed by atoms with Gasteiger partial charge in [-0.2, -0.15) is 0 Å². The Balaban J connectivity index is 1.65. The van der Waals surface area contributed by atoms with Gasteiger partial charge < -0.3 is 11.1 Å². The molecule has 0 radical (unpaired) electrons. The first-order chi connectivity index (χ1) is 9.65. The molecule has 0 saturated heterocycles. The van der Waals surface area contributed by atoms with Crippen LogP contribution in [0.4, 0.5) is 0 Å². The van der Waals surface area contributed by atoms with Crippen LogP contribution in [0.3, 0.4) is 0 Å². The molecule has 2 atom stereocenters. The van der Waals surface area contributed by atoms with E-state index in [2.05, 4.69) is 23.5 Å². The van der Waals surface area contributed by atoms with Crippen molar-refractivity contribution in [3.05, 3.63) is 35.4 Å².